The standard InChI is InChI=1S/C27H25N3O3S/c1-33-23-13-11-20(12-14-23)18-29-27(32)26(21-7-3-2-4-8-21)30(22-9-5-15-28-19-22)25(31)17-24-10-6-16-34-24/h2-16,19,26H,17-18H2,1H3,(H,29,32). The summed E-state index contributed by atoms with van der Waals surface area (Å²) in [5, 5.41) is 4.95. The highest BCUT2D eigenvalue weighted by Gasteiger charge is 2.32. The van der Waals surface area contributed by atoms with Crippen molar-refractivity contribution in [2.75, 3.05) is 12.0 Å². The second-order valence-corrected chi connectivity index (χ2v) is 8.64. The molecule has 2 aromatic heterocycles. The Balaban J connectivity index is 1.65. The molecule has 0 saturated heterocycles. The van der Waals surface area contributed by atoms with Gasteiger partial charge in [-0.15, -0.1) is 11.3 Å². The predicted molar refractivity (Wildman–Crippen MR) is 134 cm³/mol. The van der Waals surface area contributed by atoms with Gasteiger partial charge in [0.25, 0.3) is 0 Å². The summed E-state index contributed by atoms with van der Waals surface area (Å²) in [5.41, 5.74) is 2.22. The number of rotatable bonds is 9. The van der Waals surface area contributed by atoms with Gasteiger partial charge in [0.1, 0.15) is 11.8 Å². The smallest absolute Gasteiger partial charge is 0.248 e. The van der Waals surface area contributed by atoms with Gasteiger partial charge in [0.15, 0.2) is 0 Å². The van der Waals surface area contributed by atoms with E-state index in [-0.39, 0.29) is 18.2 Å². The van der Waals surface area contributed by atoms with Crippen LogP contribution in [0.4, 0.5) is 5.69 Å². The van der Waals surface area contributed by atoms with Crippen LogP contribution < -0.4 is 15.0 Å². The number of amides is 2. The van der Waals surface area contributed by atoms with Crippen LogP contribution in [-0.2, 0) is 22.6 Å². The van der Waals surface area contributed by atoms with E-state index >= 15 is 0 Å². The average Bonchev–Trinajstić information content (AvgIpc) is 3.40. The molecule has 0 fully saturated rings. The number of nitrogens with zero attached hydrogens (tertiary/aromatic N) is 2. The molecule has 0 aliphatic rings. The average molecular weight is 472 g/mol. The van der Waals surface area contributed by atoms with E-state index in [1.807, 2.05) is 72.1 Å². The second-order valence-electron chi connectivity index (χ2n) is 7.61. The highest BCUT2D eigenvalue weighted by molar-refractivity contribution is 7.10. The summed E-state index contributed by atoms with van der Waals surface area (Å²) in [6.45, 7) is 0.326. The van der Waals surface area contributed by atoms with Crippen molar-refractivity contribution in [2.24, 2.45) is 0 Å². The van der Waals surface area contributed by atoms with Gasteiger partial charge in [-0.3, -0.25) is 19.5 Å². The summed E-state index contributed by atoms with van der Waals surface area (Å²) in [7, 11) is 1.61. The Labute approximate surface area is 202 Å². The van der Waals surface area contributed by atoms with E-state index in [4.69, 9.17) is 4.74 Å². The summed E-state index contributed by atoms with van der Waals surface area (Å²) in [6.07, 6.45) is 3.45. The topological polar surface area (TPSA) is 71.5 Å². The van der Waals surface area contributed by atoms with Crippen LogP contribution in [0.15, 0.2) is 96.6 Å². The number of hydrogen-bond donors (Lipinski definition) is 1. The third kappa shape index (κ3) is 5.68. The number of thiophene rings is 1. The van der Waals surface area contributed by atoms with E-state index < -0.39 is 6.04 Å². The Hall–Kier alpha value is -3.97. The van der Waals surface area contributed by atoms with Gasteiger partial charge in [-0.05, 0) is 46.8 Å². The molecule has 0 saturated carbocycles. The molecule has 1 unspecified atom stereocenters. The minimum atomic E-state index is -0.851. The first-order valence-corrected chi connectivity index (χ1v) is 11.7. The zero-order valence-corrected chi connectivity index (χ0v) is 19.6. The molecular formula is C27H25N3O3S. The number of aromatic nitrogens is 1. The van der Waals surface area contributed by atoms with Gasteiger partial charge in [0.2, 0.25) is 11.8 Å². The molecule has 7 heteroatoms. The molecule has 0 aliphatic heterocycles. The third-order valence-electron chi connectivity index (χ3n) is 5.35. The second kappa shape index (κ2) is 11.2. The first-order valence-electron chi connectivity index (χ1n) is 10.9. The lowest BCUT2D eigenvalue weighted by Crippen LogP contribution is -2.44. The fraction of sp³-hybridized carbons (Fsp3) is 0.148. The summed E-state index contributed by atoms with van der Waals surface area (Å²) < 4.78 is 5.20. The highest BCUT2D eigenvalue weighted by Crippen LogP contribution is 2.29. The number of carbonyl (C=O) groups excluding carboxylic acids is 2. The zero-order valence-electron chi connectivity index (χ0n) is 18.8. The molecule has 4 aromatic rings. The lowest BCUT2D eigenvalue weighted by Gasteiger charge is -2.31. The van der Waals surface area contributed by atoms with Gasteiger partial charge in [-0.25, -0.2) is 0 Å². The molecule has 0 radical (unpaired) electrons. The SMILES string of the molecule is COc1ccc(CNC(=O)C(c2ccccc2)N(C(=O)Cc2cccs2)c2cccnc2)cc1. The van der Waals surface area contributed by atoms with Gasteiger partial charge in [-0.1, -0.05) is 48.5 Å². The van der Waals surface area contributed by atoms with Gasteiger partial charge in [0, 0.05) is 17.6 Å². The van der Waals surface area contributed by atoms with Crippen molar-refractivity contribution in [1.29, 1.82) is 0 Å². The number of pyridine rings is 1. The molecule has 2 aromatic carbocycles. The van der Waals surface area contributed by atoms with Gasteiger partial charge >= 0.3 is 0 Å². The molecule has 34 heavy (non-hydrogen) atoms. The van der Waals surface area contributed by atoms with Crippen LogP contribution in [0.2, 0.25) is 0 Å². The molecular weight excluding hydrogens is 446 g/mol. The zero-order chi connectivity index (χ0) is 23.8. The Morgan fingerprint density at radius 2 is 1.79 bits per heavy atom. The normalized spacial score (nSPS) is 11.4. The van der Waals surface area contributed by atoms with Crippen LogP contribution >= 0.6 is 11.3 Å². The Bertz CT molecular complexity index is 1200. The van der Waals surface area contributed by atoms with E-state index in [0.29, 0.717) is 12.2 Å². The lowest BCUT2D eigenvalue weighted by molar-refractivity contribution is -0.126. The van der Waals surface area contributed by atoms with Crippen LogP contribution in [0.3, 0.4) is 0 Å². The third-order valence-corrected chi connectivity index (χ3v) is 6.22. The van der Waals surface area contributed by atoms with Gasteiger partial charge in [0.05, 0.1) is 25.4 Å². The number of carbonyl (C=O) groups is 2. The van der Waals surface area contributed by atoms with Crippen molar-refractivity contribution in [3.8, 4) is 5.75 Å². The molecule has 1 N–H and O–H groups in total. The number of benzene rings is 2. The summed E-state index contributed by atoms with van der Waals surface area (Å²) in [5.74, 6) is 0.300. The molecule has 0 aliphatic carbocycles. The largest absolute Gasteiger partial charge is 0.497 e. The van der Waals surface area contributed by atoms with E-state index in [9.17, 15) is 9.59 Å². The van der Waals surface area contributed by atoms with Crippen molar-refractivity contribution >= 4 is 28.8 Å². The first kappa shape index (κ1) is 23.2. The maximum absolute atomic E-state index is 13.6. The molecule has 1 atom stereocenters. The molecule has 6 nitrogen and oxygen atoms in total. The van der Waals surface area contributed by atoms with Crippen molar-refractivity contribution < 1.29 is 14.3 Å². The number of nitrogens with one attached hydrogen (secondary N) is 1. The quantitative estimate of drug-likeness (QED) is 0.381. The number of anilines is 1. The fourth-order valence-electron chi connectivity index (χ4n) is 3.66. The minimum Gasteiger partial charge on any atom is -0.497 e. The van der Waals surface area contributed by atoms with Crippen LogP contribution in [0.5, 0.6) is 5.75 Å². The highest BCUT2D eigenvalue weighted by atomic mass is 32.1. The lowest BCUT2D eigenvalue weighted by atomic mass is 10.0. The Morgan fingerprint density at radius 3 is 2.44 bits per heavy atom. The van der Waals surface area contributed by atoms with Gasteiger partial charge in [-0.2, -0.15) is 0 Å². The van der Waals surface area contributed by atoms with E-state index in [0.717, 1.165) is 21.8 Å². The van der Waals surface area contributed by atoms with Crippen LogP contribution in [0, 0.1) is 0 Å². The maximum atomic E-state index is 13.6. The molecule has 0 bridgehead atoms. The number of methoxy groups -OCH3 is 1. The van der Waals surface area contributed by atoms with Crippen LogP contribution in [0.1, 0.15) is 22.0 Å². The van der Waals surface area contributed by atoms with E-state index in [1.54, 1.807) is 36.5 Å². The summed E-state index contributed by atoms with van der Waals surface area (Å²) in [6, 6.07) is 23.4. The van der Waals surface area contributed by atoms with E-state index in [2.05, 4.69) is 10.3 Å². The Morgan fingerprint density at radius 1 is 1.00 bits per heavy atom. The number of ether oxygens (including phenoxy) is 1. The van der Waals surface area contributed by atoms with Crippen molar-refractivity contribution in [3.63, 3.8) is 0 Å². The molecule has 2 amide bonds. The first-order chi connectivity index (χ1) is 16.7. The van der Waals surface area contributed by atoms with Crippen LogP contribution in [0.25, 0.3) is 0 Å². The molecule has 172 valence electrons. The predicted octanol–water partition coefficient (Wildman–Crippen LogP) is 4.79. The fourth-order valence-corrected chi connectivity index (χ4v) is 4.36. The monoisotopic (exact) mass is 471 g/mol. The molecule has 2 heterocycles. The minimum absolute atomic E-state index is 0.177. The van der Waals surface area contributed by atoms with Crippen molar-refractivity contribution in [3.05, 3.63) is 113 Å². The van der Waals surface area contributed by atoms with Crippen LogP contribution in [-0.4, -0.2) is 23.9 Å². The van der Waals surface area contributed by atoms with E-state index in [1.165, 1.54) is 11.3 Å². The number of hydrogen-bond acceptors (Lipinski definition) is 5. The van der Waals surface area contributed by atoms with Gasteiger partial charge < -0.3 is 10.1 Å². The van der Waals surface area contributed by atoms with Crippen molar-refractivity contribution in [1.82, 2.24) is 10.3 Å². The maximum Gasteiger partial charge on any atom is 0.248 e. The Kier molecular flexibility index (Phi) is 7.67. The summed E-state index contributed by atoms with van der Waals surface area (Å²) in [4.78, 5) is 33.9. The van der Waals surface area contributed by atoms with Crippen molar-refractivity contribution in [2.45, 2.75) is 19.0 Å². The molecule has 4 rings (SSSR count). The summed E-state index contributed by atoms with van der Waals surface area (Å²) >= 11 is 1.52. The molecule has 0 spiro atoms.